The van der Waals surface area contributed by atoms with E-state index >= 15 is 0 Å². The van der Waals surface area contributed by atoms with E-state index < -0.39 is 0 Å². The van der Waals surface area contributed by atoms with Gasteiger partial charge < -0.3 is 4.90 Å². The smallest absolute Gasteiger partial charge is 0.186 e. The number of piperazine rings is 1. The van der Waals surface area contributed by atoms with Crippen LogP contribution in [0.5, 0.6) is 0 Å². The molecule has 3 aromatic rings. The SMILES string of the molecule is Clc1ccc(CN2CCN(c3nc4ccccc4s3)CC2)cc1. The number of nitrogens with zero attached hydrogens (tertiary/aromatic N) is 3. The third-order valence-electron chi connectivity index (χ3n) is 4.24. The van der Waals surface area contributed by atoms with Gasteiger partial charge in [-0.3, -0.25) is 4.90 Å². The van der Waals surface area contributed by atoms with E-state index in [2.05, 4.69) is 46.2 Å². The molecule has 0 unspecified atom stereocenters. The van der Waals surface area contributed by atoms with Gasteiger partial charge in [0.25, 0.3) is 0 Å². The van der Waals surface area contributed by atoms with E-state index in [4.69, 9.17) is 16.6 Å². The summed E-state index contributed by atoms with van der Waals surface area (Å²) in [6, 6.07) is 16.5. The van der Waals surface area contributed by atoms with Crippen molar-refractivity contribution < 1.29 is 0 Å². The minimum atomic E-state index is 0.800. The average Bonchev–Trinajstić information content (AvgIpc) is 3.02. The minimum Gasteiger partial charge on any atom is -0.345 e. The molecule has 0 bridgehead atoms. The van der Waals surface area contributed by atoms with Crippen LogP contribution in [0.25, 0.3) is 10.2 Å². The van der Waals surface area contributed by atoms with Crippen molar-refractivity contribution in [2.45, 2.75) is 6.54 Å². The first kappa shape index (κ1) is 14.9. The summed E-state index contributed by atoms with van der Waals surface area (Å²) in [6.07, 6.45) is 0. The van der Waals surface area contributed by atoms with Crippen molar-refractivity contribution in [2.75, 3.05) is 31.1 Å². The summed E-state index contributed by atoms with van der Waals surface area (Å²) in [6.45, 7) is 5.20. The van der Waals surface area contributed by atoms with E-state index in [1.165, 1.54) is 10.3 Å². The van der Waals surface area contributed by atoms with Gasteiger partial charge in [0.1, 0.15) is 0 Å². The molecule has 5 heteroatoms. The summed E-state index contributed by atoms with van der Waals surface area (Å²) < 4.78 is 1.27. The molecule has 1 aliphatic rings. The van der Waals surface area contributed by atoms with Gasteiger partial charge in [-0.25, -0.2) is 4.98 Å². The number of aromatic nitrogens is 1. The second kappa shape index (κ2) is 6.48. The van der Waals surface area contributed by atoms with Crippen LogP contribution in [-0.4, -0.2) is 36.1 Å². The monoisotopic (exact) mass is 343 g/mol. The Morgan fingerprint density at radius 2 is 1.70 bits per heavy atom. The number of fused-ring (bicyclic) bond motifs is 1. The molecule has 0 atom stereocenters. The van der Waals surface area contributed by atoms with Crippen molar-refractivity contribution in [3.63, 3.8) is 0 Å². The number of halogens is 1. The predicted molar refractivity (Wildman–Crippen MR) is 98.6 cm³/mol. The molecular formula is C18H18ClN3S. The Bertz CT molecular complexity index is 758. The number of hydrogen-bond acceptors (Lipinski definition) is 4. The number of anilines is 1. The van der Waals surface area contributed by atoms with Gasteiger partial charge in [-0.1, -0.05) is 47.2 Å². The topological polar surface area (TPSA) is 19.4 Å². The molecule has 0 N–H and O–H groups in total. The summed E-state index contributed by atoms with van der Waals surface area (Å²) in [7, 11) is 0. The van der Waals surface area contributed by atoms with E-state index in [1.54, 1.807) is 11.3 Å². The highest BCUT2D eigenvalue weighted by molar-refractivity contribution is 7.22. The Kier molecular flexibility index (Phi) is 4.21. The van der Waals surface area contributed by atoms with Crippen LogP contribution < -0.4 is 4.90 Å². The third kappa shape index (κ3) is 3.34. The van der Waals surface area contributed by atoms with Crippen LogP contribution in [0.3, 0.4) is 0 Å². The van der Waals surface area contributed by atoms with E-state index in [0.717, 1.165) is 48.4 Å². The zero-order valence-corrected chi connectivity index (χ0v) is 14.4. The van der Waals surface area contributed by atoms with Crippen LogP contribution in [0.1, 0.15) is 5.56 Å². The minimum absolute atomic E-state index is 0.800. The van der Waals surface area contributed by atoms with Crippen LogP contribution in [0, 0.1) is 0 Å². The Hall–Kier alpha value is -1.62. The average molecular weight is 344 g/mol. The lowest BCUT2D eigenvalue weighted by molar-refractivity contribution is 0.250. The molecule has 4 rings (SSSR count). The lowest BCUT2D eigenvalue weighted by Gasteiger charge is -2.34. The van der Waals surface area contributed by atoms with Gasteiger partial charge in [0.2, 0.25) is 0 Å². The predicted octanol–water partition coefficient (Wildman–Crippen LogP) is 4.27. The van der Waals surface area contributed by atoms with Crippen molar-refractivity contribution in [3.8, 4) is 0 Å². The highest BCUT2D eigenvalue weighted by Gasteiger charge is 2.19. The lowest BCUT2D eigenvalue weighted by Crippen LogP contribution is -2.45. The van der Waals surface area contributed by atoms with Gasteiger partial charge in [0, 0.05) is 37.7 Å². The second-order valence-corrected chi connectivity index (χ2v) is 7.30. The first-order chi connectivity index (χ1) is 11.3. The normalized spacial score (nSPS) is 16.1. The van der Waals surface area contributed by atoms with Crippen molar-refractivity contribution in [3.05, 3.63) is 59.1 Å². The van der Waals surface area contributed by atoms with Crippen LogP contribution >= 0.6 is 22.9 Å². The number of hydrogen-bond donors (Lipinski definition) is 0. The van der Waals surface area contributed by atoms with E-state index in [9.17, 15) is 0 Å². The standard InChI is InChI=1S/C18H18ClN3S/c19-15-7-5-14(6-8-15)13-21-9-11-22(12-10-21)18-20-16-3-1-2-4-17(16)23-18/h1-8H,9-13H2. The molecule has 0 spiro atoms. The molecule has 2 heterocycles. The molecule has 23 heavy (non-hydrogen) atoms. The highest BCUT2D eigenvalue weighted by Crippen LogP contribution is 2.29. The molecular weight excluding hydrogens is 326 g/mol. The van der Waals surface area contributed by atoms with Gasteiger partial charge in [0.05, 0.1) is 10.2 Å². The van der Waals surface area contributed by atoms with Crippen LogP contribution in [0.2, 0.25) is 5.02 Å². The highest BCUT2D eigenvalue weighted by atomic mass is 35.5. The zero-order valence-electron chi connectivity index (χ0n) is 12.8. The maximum absolute atomic E-state index is 5.95. The largest absolute Gasteiger partial charge is 0.345 e. The summed E-state index contributed by atoms with van der Waals surface area (Å²) in [5.74, 6) is 0. The Morgan fingerprint density at radius 1 is 0.957 bits per heavy atom. The molecule has 0 amide bonds. The lowest BCUT2D eigenvalue weighted by atomic mass is 10.2. The molecule has 1 aliphatic heterocycles. The van der Waals surface area contributed by atoms with E-state index in [0.29, 0.717) is 0 Å². The van der Waals surface area contributed by atoms with Gasteiger partial charge >= 0.3 is 0 Å². The summed E-state index contributed by atoms with van der Waals surface area (Å²) in [4.78, 5) is 9.67. The summed E-state index contributed by atoms with van der Waals surface area (Å²) in [5, 5.41) is 1.95. The Balaban J connectivity index is 1.39. The first-order valence-corrected chi connectivity index (χ1v) is 9.05. The van der Waals surface area contributed by atoms with Crippen molar-refractivity contribution in [2.24, 2.45) is 0 Å². The maximum Gasteiger partial charge on any atom is 0.186 e. The van der Waals surface area contributed by atoms with Crippen molar-refractivity contribution >= 4 is 38.3 Å². The molecule has 1 fully saturated rings. The van der Waals surface area contributed by atoms with Crippen LogP contribution in [-0.2, 0) is 6.54 Å². The maximum atomic E-state index is 5.95. The van der Waals surface area contributed by atoms with Crippen molar-refractivity contribution in [1.82, 2.24) is 9.88 Å². The number of rotatable bonds is 3. The Labute approximate surface area is 145 Å². The third-order valence-corrected chi connectivity index (χ3v) is 5.59. The molecule has 0 aliphatic carbocycles. The fraction of sp³-hybridized carbons (Fsp3) is 0.278. The molecule has 0 radical (unpaired) electrons. The fourth-order valence-electron chi connectivity index (χ4n) is 2.94. The number of benzene rings is 2. The van der Waals surface area contributed by atoms with E-state index in [-0.39, 0.29) is 0 Å². The van der Waals surface area contributed by atoms with Crippen LogP contribution in [0.15, 0.2) is 48.5 Å². The second-order valence-electron chi connectivity index (χ2n) is 5.85. The van der Waals surface area contributed by atoms with E-state index in [1.807, 2.05) is 12.1 Å². The summed E-state index contributed by atoms with van der Waals surface area (Å²) in [5.41, 5.74) is 2.43. The van der Waals surface area contributed by atoms with Crippen molar-refractivity contribution in [1.29, 1.82) is 0 Å². The molecule has 2 aromatic carbocycles. The van der Waals surface area contributed by atoms with Gasteiger partial charge in [-0.05, 0) is 29.8 Å². The molecule has 1 saturated heterocycles. The van der Waals surface area contributed by atoms with Gasteiger partial charge in [0.15, 0.2) is 5.13 Å². The van der Waals surface area contributed by atoms with Gasteiger partial charge in [-0.15, -0.1) is 0 Å². The Morgan fingerprint density at radius 3 is 2.43 bits per heavy atom. The molecule has 3 nitrogen and oxygen atoms in total. The fourth-order valence-corrected chi connectivity index (χ4v) is 4.08. The molecule has 0 saturated carbocycles. The quantitative estimate of drug-likeness (QED) is 0.708. The molecule has 118 valence electrons. The number of para-hydroxylation sites is 1. The summed E-state index contributed by atoms with van der Waals surface area (Å²) >= 11 is 7.74. The number of thiazole rings is 1. The van der Waals surface area contributed by atoms with Crippen LogP contribution in [0.4, 0.5) is 5.13 Å². The zero-order chi connectivity index (χ0) is 15.6. The first-order valence-electron chi connectivity index (χ1n) is 7.85. The molecule has 1 aromatic heterocycles. The van der Waals surface area contributed by atoms with Gasteiger partial charge in [-0.2, -0.15) is 0 Å².